The van der Waals surface area contributed by atoms with Gasteiger partial charge in [0.15, 0.2) is 0 Å². The van der Waals surface area contributed by atoms with E-state index in [1.807, 2.05) is 18.2 Å². The van der Waals surface area contributed by atoms with Crippen LogP contribution in [0.2, 0.25) is 0 Å². The van der Waals surface area contributed by atoms with Crippen LogP contribution in [0, 0.1) is 0 Å². The van der Waals surface area contributed by atoms with Gasteiger partial charge in [-0.2, -0.15) is 8.42 Å². The largest absolute Gasteiger partial charge is 0.377 e. The van der Waals surface area contributed by atoms with Crippen LogP contribution in [0.1, 0.15) is 0 Å². The molecular weight excluding hydrogens is 238 g/mol. The van der Waals surface area contributed by atoms with Crippen molar-refractivity contribution < 1.29 is 13.0 Å². The van der Waals surface area contributed by atoms with Crippen molar-refractivity contribution in [3.8, 4) is 0 Å². The summed E-state index contributed by atoms with van der Waals surface area (Å²) in [6, 6.07) is 10.6. The van der Waals surface area contributed by atoms with Crippen LogP contribution < -0.4 is 4.90 Å². The number of benzene rings is 2. The van der Waals surface area contributed by atoms with Crippen LogP contribution in [0.15, 0.2) is 41.3 Å². The molecule has 90 valence electrons. The minimum atomic E-state index is -4.25. The summed E-state index contributed by atoms with van der Waals surface area (Å²) >= 11 is 0. The summed E-state index contributed by atoms with van der Waals surface area (Å²) in [5.41, 5.74) is 0.478. The number of anilines is 1. The summed E-state index contributed by atoms with van der Waals surface area (Å²) in [5.74, 6) is 0. The topological polar surface area (TPSA) is 57.6 Å². The van der Waals surface area contributed by atoms with Crippen molar-refractivity contribution in [2.24, 2.45) is 0 Å². The Balaban J connectivity index is 2.95. The van der Waals surface area contributed by atoms with Gasteiger partial charge in [-0.1, -0.05) is 30.3 Å². The zero-order valence-electron chi connectivity index (χ0n) is 9.58. The molecule has 2 rings (SSSR count). The number of rotatable bonds is 2. The molecule has 17 heavy (non-hydrogen) atoms. The van der Waals surface area contributed by atoms with Crippen molar-refractivity contribution >= 4 is 26.6 Å². The third-order valence-electron chi connectivity index (χ3n) is 2.60. The molecule has 1 N–H and O–H groups in total. The fourth-order valence-corrected chi connectivity index (χ4v) is 2.83. The molecule has 0 bridgehead atoms. The van der Waals surface area contributed by atoms with Gasteiger partial charge in [0.1, 0.15) is 4.90 Å². The Morgan fingerprint density at radius 2 is 1.71 bits per heavy atom. The minimum Gasteiger partial charge on any atom is -0.377 e. The van der Waals surface area contributed by atoms with Gasteiger partial charge in [-0.25, -0.2) is 0 Å². The zero-order chi connectivity index (χ0) is 12.6. The Labute approximate surface area is 100 Å². The van der Waals surface area contributed by atoms with Gasteiger partial charge in [-0.15, -0.1) is 0 Å². The van der Waals surface area contributed by atoms with E-state index in [1.165, 1.54) is 0 Å². The van der Waals surface area contributed by atoms with Crippen LogP contribution >= 0.6 is 0 Å². The molecule has 0 atom stereocenters. The molecule has 0 aliphatic heterocycles. The molecule has 0 heterocycles. The maximum atomic E-state index is 11.5. The lowest BCUT2D eigenvalue weighted by molar-refractivity contribution is 0.484. The molecule has 5 heteroatoms. The van der Waals surface area contributed by atoms with Crippen molar-refractivity contribution in [3.05, 3.63) is 36.4 Å². The van der Waals surface area contributed by atoms with Gasteiger partial charge in [0.2, 0.25) is 0 Å². The van der Waals surface area contributed by atoms with E-state index in [0.29, 0.717) is 11.1 Å². The molecule has 0 aromatic heterocycles. The Morgan fingerprint density at radius 1 is 1.06 bits per heavy atom. The lowest BCUT2D eigenvalue weighted by Gasteiger charge is -2.17. The van der Waals surface area contributed by atoms with E-state index in [0.717, 1.165) is 5.39 Å². The minimum absolute atomic E-state index is 0.0411. The van der Waals surface area contributed by atoms with E-state index < -0.39 is 10.1 Å². The van der Waals surface area contributed by atoms with E-state index in [1.54, 1.807) is 37.2 Å². The number of hydrogen-bond acceptors (Lipinski definition) is 3. The second kappa shape index (κ2) is 4.01. The van der Waals surface area contributed by atoms with Crippen molar-refractivity contribution in [3.63, 3.8) is 0 Å². The van der Waals surface area contributed by atoms with Crippen LogP contribution in [-0.4, -0.2) is 27.1 Å². The fraction of sp³-hybridized carbons (Fsp3) is 0.167. The van der Waals surface area contributed by atoms with E-state index >= 15 is 0 Å². The molecule has 2 aromatic rings. The number of hydrogen-bond donors (Lipinski definition) is 1. The van der Waals surface area contributed by atoms with Gasteiger partial charge in [-0.05, 0) is 11.5 Å². The van der Waals surface area contributed by atoms with Crippen LogP contribution in [0.4, 0.5) is 5.69 Å². The molecule has 2 aromatic carbocycles. The second-order valence-electron chi connectivity index (χ2n) is 4.00. The maximum Gasteiger partial charge on any atom is 0.297 e. The van der Waals surface area contributed by atoms with Gasteiger partial charge < -0.3 is 4.90 Å². The first kappa shape index (κ1) is 11.9. The average Bonchev–Trinajstić information content (AvgIpc) is 2.26. The Hall–Kier alpha value is -1.59. The highest BCUT2D eigenvalue weighted by Crippen LogP contribution is 2.31. The summed E-state index contributed by atoms with van der Waals surface area (Å²) in [6.45, 7) is 0. The van der Waals surface area contributed by atoms with Crippen molar-refractivity contribution in [1.82, 2.24) is 0 Å². The highest BCUT2D eigenvalue weighted by Gasteiger charge is 2.20. The molecule has 0 saturated carbocycles. The van der Waals surface area contributed by atoms with Crippen LogP contribution in [-0.2, 0) is 10.1 Å². The first-order valence-corrected chi connectivity index (χ1v) is 6.52. The molecule has 0 unspecified atom stereocenters. The van der Waals surface area contributed by atoms with E-state index in [-0.39, 0.29) is 4.90 Å². The Bertz CT molecular complexity index is 663. The monoisotopic (exact) mass is 251 g/mol. The third kappa shape index (κ3) is 2.11. The highest BCUT2D eigenvalue weighted by molar-refractivity contribution is 7.86. The van der Waals surface area contributed by atoms with Crippen LogP contribution in [0.5, 0.6) is 0 Å². The van der Waals surface area contributed by atoms with Gasteiger partial charge >= 0.3 is 0 Å². The van der Waals surface area contributed by atoms with Crippen molar-refractivity contribution in [1.29, 1.82) is 0 Å². The predicted molar refractivity (Wildman–Crippen MR) is 68.1 cm³/mol. The summed E-state index contributed by atoms with van der Waals surface area (Å²) in [5, 5.41) is 1.31. The third-order valence-corrected chi connectivity index (χ3v) is 3.54. The van der Waals surface area contributed by atoms with Gasteiger partial charge in [0, 0.05) is 19.5 Å². The SMILES string of the molecule is CN(C)c1ccc2ccccc2c1S(=O)(=O)O. The predicted octanol–water partition coefficient (Wildman–Crippen LogP) is 2.15. The molecule has 0 spiro atoms. The Kier molecular flexibility index (Phi) is 2.81. The smallest absolute Gasteiger partial charge is 0.297 e. The normalized spacial score (nSPS) is 11.7. The summed E-state index contributed by atoms with van der Waals surface area (Å²) in [6.07, 6.45) is 0. The molecule has 4 nitrogen and oxygen atoms in total. The van der Waals surface area contributed by atoms with Gasteiger partial charge in [-0.3, -0.25) is 4.55 Å². The molecular formula is C12H13NO3S. The highest BCUT2D eigenvalue weighted by atomic mass is 32.2. The van der Waals surface area contributed by atoms with E-state index in [9.17, 15) is 13.0 Å². The molecule has 0 amide bonds. The van der Waals surface area contributed by atoms with Crippen molar-refractivity contribution in [2.45, 2.75) is 4.90 Å². The molecule has 0 radical (unpaired) electrons. The average molecular weight is 251 g/mol. The molecule has 0 saturated heterocycles. The quantitative estimate of drug-likeness (QED) is 0.831. The molecule has 0 fully saturated rings. The molecule has 0 aliphatic rings. The first-order chi connectivity index (χ1) is 7.91. The Morgan fingerprint density at radius 3 is 2.29 bits per heavy atom. The number of fused-ring (bicyclic) bond motifs is 1. The summed E-state index contributed by atoms with van der Waals surface area (Å²) in [7, 11) is -0.777. The first-order valence-electron chi connectivity index (χ1n) is 5.08. The zero-order valence-corrected chi connectivity index (χ0v) is 10.4. The maximum absolute atomic E-state index is 11.5. The second-order valence-corrected chi connectivity index (χ2v) is 5.36. The van der Waals surface area contributed by atoms with Gasteiger partial charge in [0.25, 0.3) is 10.1 Å². The fourth-order valence-electron chi connectivity index (χ4n) is 1.85. The van der Waals surface area contributed by atoms with E-state index in [4.69, 9.17) is 0 Å². The van der Waals surface area contributed by atoms with Gasteiger partial charge in [0.05, 0.1) is 5.69 Å². The van der Waals surface area contributed by atoms with E-state index in [2.05, 4.69) is 0 Å². The van der Waals surface area contributed by atoms with Crippen LogP contribution in [0.3, 0.4) is 0 Å². The summed E-state index contributed by atoms with van der Waals surface area (Å²) in [4.78, 5) is 1.62. The van der Waals surface area contributed by atoms with Crippen LogP contribution in [0.25, 0.3) is 10.8 Å². The molecule has 0 aliphatic carbocycles. The number of nitrogens with zero attached hydrogens (tertiary/aromatic N) is 1. The lowest BCUT2D eigenvalue weighted by atomic mass is 10.1. The summed E-state index contributed by atoms with van der Waals surface area (Å²) < 4.78 is 32.4. The standard InChI is InChI=1S/C12H13NO3S/c1-13(2)11-8-7-9-5-3-4-6-10(9)12(11)17(14,15)16/h3-8H,1-2H3,(H,14,15,16). The van der Waals surface area contributed by atoms with Crippen molar-refractivity contribution in [2.75, 3.05) is 19.0 Å². The lowest BCUT2D eigenvalue weighted by Crippen LogP contribution is -2.14.